The Kier molecular flexibility index (Phi) is 5.61. The van der Waals surface area contributed by atoms with E-state index in [0.717, 1.165) is 13.1 Å². The zero-order valence-electron chi connectivity index (χ0n) is 17.9. The Balaban J connectivity index is 1.93. The van der Waals surface area contributed by atoms with Crippen LogP contribution in [0.1, 0.15) is 27.6 Å². The van der Waals surface area contributed by atoms with E-state index in [9.17, 15) is 14.4 Å². The van der Waals surface area contributed by atoms with Crippen molar-refractivity contribution in [2.75, 3.05) is 45.2 Å². The van der Waals surface area contributed by atoms with Gasteiger partial charge in [-0.3, -0.25) is 19.3 Å². The van der Waals surface area contributed by atoms with Crippen molar-refractivity contribution in [3.63, 3.8) is 0 Å². The van der Waals surface area contributed by atoms with Crippen LogP contribution in [0.3, 0.4) is 0 Å². The molecule has 1 saturated heterocycles. The Morgan fingerprint density at radius 2 is 1.58 bits per heavy atom. The number of rotatable bonds is 4. The summed E-state index contributed by atoms with van der Waals surface area (Å²) in [7, 11) is 3.56. The van der Waals surface area contributed by atoms with Gasteiger partial charge in [0.25, 0.3) is 0 Å². The molecule has 4 rings (SSSR count). The van der Waals surface area contributed by atoms with E-state index in [-0.39, 0.29) is 28.9 Å². The highest BCUT2D eigenvalue weighted by Gasteiger charge is 2.40. The fourth-order valence-electron chi connectivity index (χ4n) is 4.10. The van der Waals surface area contributed by atoms with Crippen molar-refractivity contribution in [1.29, 1.82) is 0 Å². The predicted octanol–water partition coefficient (Wildman–Crippen LogP) is 2.59. The molecule has 0 spiro atoms. The zero-order chi connectivity index (χ0) is 22.1. The SMILES string of the molecule is COc1cccc(N(C(C)=O)C2=C(N3CCN(C)CC3)C(=O)c3ccccc3C2=O)c1. The molecule has 1 aliphatic heterocycles. The molecule has 1 heterocycles. The number of anilines is 1. The van der Waals surface area contributed by atoms with Crippen LogP contribution in [0, 0.1) is 0 Å². The van der Waals surface area contributed by atoms with Gasteiger partial charge in [-0.2, -0.15) is 0 Å². The van der Waals surface area contributed by atoms with Crippen LogP contribution in [0.5, 0.6) is 5.75 Å². The van der Waals surface area contributed by atoms with Crippen molar-refractivity contribution >= 4 is 23.2 Å². The molecule has 2 aliphatic rings. The first-order chi connectivity index (χ1) is 14.9. The second-order valence-electron chi connectivity index (χ2n) is 7.75. The average molecular weight is 419 g/mol. The predicted molar refractivity (Wildman–Crippen MR) is 117 cm³/mol. The van der Waals surface area contributed by atoms with Gasteiger partial charge >= 0.3 is 0 Å². The van der Waals surface area contributed by atoms with E-state index in [1.807, 2.05) is 11.9 Å². The molecular weight excluding hydrogens is 394 g/mol. The minimum Gasteiger partial charge on any atom is -0.497 e. The number of carbonyl (C=O) groups excluding carboxylic acids is 3. The fourth-order valence-corrected chi connectivity index (χ4v) is 4.10. The third kappa shape index (κ3) is 3.72. The van der Waals surface area contributed by atoms with Crippen LogP contribution in [0.2, 0.25) is 0 Å². The maximum atomic E-state index is 13.7. The third-order valence-electron chi connectivity index (χ3n) is 5.74. The number of amides is 1. The Morgan fingerprint density at radius 1 is 0.935 bits per heavy atom. The summed E-state index contributed by atoms with van der Waals surface area (Å²) in [5.74, 6) is -0.359. The summed E-state index contributed by atoms with van der Waals surface area (Å²) in [4.78, 5) is 45.6. The largest absolute Gasteiger partial charge is 0.497 e. The lowest BCUT2D eigenvalue weighted by molar-refractivity contribution is -0.116. The van der Waals surface area contributed by atoms with Crippen LogP contribution < -0.4 is 9.64 Å². The first kappa shape index (κ1) is 20.8. The quantitative estimate of drug-likeness (QED) is 0.759. The molecule has 0 atom stereocenters. The minimum absolute atomic E-state index is 0.106. The zero-order valence-corrected chi connectivity index (χ0v) is 17.9. The smallest absolute Gasteiger partial charge is 0.228 e. The van der Waals surface area contributed by atoms with Gasteiger partial charge in [-0.05, 0) is 19.2 Å². The van der Waals surface area contributed by atoms with E-state index in [0.29, 0.717) is 35.7 Å². The number of piperazine rings is 1. The number of ketones is 2. The molecule has 1 fully saturated rings. The Labute approximate surface area is 181 Å². The first-order valence-electron chi connectivity index (χ1n) is 10.2. The lowest BCUT2D eigenvalue weighted by Gasteiger charge is -2.39. The molecule has 0 N–H and O–H groups in total. The summed E-state index contributed by atoms with van der Waals surface area (Å²) < 4.78 is 5.31. The number of carbonyl (C=O) groups is 3. The standard InChI is InChI=1S/C24H25N3O4/c1-16(28)27(17-7-6-8-18(15-17)31-3)22-21(26-13-11-25(2)12-14-26)23(29)19-9-4-5-10-20(19)24(22)30/h4-10,15H,11-14H2,1-3H3. The van der Waals surface area contributed by atoms with Crippen molar-refractivity contribution in [3.05, 3.63) is 71.1 Å². The van der Waals surface area contributed by atoms with Crippen LogP contribution in [0.4, 0.5) is 5.69 Å². The number of nitrogens with zero attached hydrogens (tertiary/aromatic N) is 3. The van der Waals surface area contributed by atoms with Gasteiger partial charge in [-0.15, -0.1) is 0 Å². The maximum Gasteiger partial charge on any atom is 0.228 e. The fraction of sp³-hybridized carbons (Fsp3) is 0.292. The van der Waals surface area contributed by atoms with Crippen molar-refractivity contribution in [2.45, 2.75) is 6.92 Å². The molecule has 0 bridgehead atoms. The molecule has 0 aromatic heterocycles. The normalized spacial score (nSPS) is 16.9. The number of hydrogen-bond acceptors (Lipinski definition) is 6. The highest BCUT2D eigenvalue weighted by Crippen LogP contribution is 2.34. The van der Waals surface area contributed by atoms with Crippen LogP contribution in [0.15, 0.2) is 59.9 Å². The average Bonchev–Trinajstić information content (AvgIpc) is 2.78. The van der Waals surface area contributed by atoms with E-state index < -0.39 is 0 Å². The molecule has 2 aromatic rings. The van der Waals surface area contributed by atoms with Crippen molar-refractivity contribution < 1.29 is 19.1 Å². The second kappa shape index (κ2) is 8.35. The lowest BCUT2D eigenvalue weighted by Crippen LogP contribution is -2.49. The monoisotopic (exact) mass is 419 g/mol. The van der Waals surface area contributed by atoms with Gasteiger partial charge in [0, 0.05) is 50.3 Å². The summed E-state index contributed by atoms with van der Waals surface area (Å²) in [6.45, 7) is 4.12. The maximum absolute atomic E-state index is 13.7. The first-order valence-corrected chi connectivity index (χ1v) is 10.2. The highest BCUT2D eigenvalue weighted by molar-refractivity contribution is 6.29. The van der Waals surface area contributed by atoms with E-state index >= 15 is 0 Å². The summed E-state index contributed by atoms with van der Waals surface area (Å²) in [5, 5.41) is 0. The second-order valence-corrected chi connectivity index (χ2v) is 7.75. The van der Waals surface area contributed by atoms with Gasteiger partial charge in [0.05, 0.1) is 12.8 Å². The molecule has 160 valence electrons. The summed E-state index contributed by atoms with van der Waals surface area (Å²) >= 11 is 0. The number of ether oxygens (including phenoxy) is 1. The van der Waals surface area contributed by atoms with E-state index in [1.165, 1.54) is 18.9 Å². The topological polar surface area (TPSA) is 70.2 Å². The highest BCUT2D eigenvalue weighted by atomic mass is 16.5. The number of likely N-dealkylation sites (N-methyl/N-ethyl adjacent to an activating group) is 1. The van der Waals surface area contributed by atoms with E-state index in [4.69, 9.17) is 4.74 Å². The Bertz CT molecular complexity index is 1080. The van der Waals surface area contributed by atoms with E-state index in [1.54, 1.807) is 48.5 Å². The molecule has 0 radical (unpaired) electrons. The number of hydrogen-bond donors (Lipinski definition) is 0. The number of methoxy groups -OCH3 is 1. The van der Waals surface area contributed by atoms with Crippen molar-refractivity contribution in [2.24, 2.45) is 0 Å². The van der Waals surface area contributed by atoms with Gasteiger partial charge in [0.2, 0.25) is 17.5 Å². The van der Waals surface area contributed by atoms with Gasteiger partial charge in [0.15, 0.2) is 0 Å². The number of benzene rings is 2. The summed E-state index contributed by atoms with van der Waals surface area (Å²) in [6, 6.07) is 13.7. The Morgan fingerprint density at radius 3 is 2.19 bits per heavy atom. The molecule has 31 heavy (non-hydrogen) atoms. The van der Waals surface area contributed by atoms with Gasteiger partial charge in [0.1, 0.15) is 17.1 Å². The molecule has 1 amide bonds. The third-order valence-corrected chi connectivity index (χ3v) is 5.74. The molecule has 2 aromatic carbocycles. The summed E-state index contributed by atoms with van der Waals surface area (Å²) in [5.41, 5.74) is 1.56. The van der Waals surface area contributed by atoms with E-state index in [2.05, 4.69) is 4.90 Å². The molecular formula is C24H25N3O4. The molecule has 0 unspecified atom stereocenters. The van der Waals surface area contributed by atoms with Crippen LogP contribution in [-0.2, 0) is 4.79 Å². The van der Waals surface area contributed by atoms with Crippen molar-refractivity contribution in [3.8, 4) is 5.75 Å². The lowest BCUT2D eigenvalue weighted by atomic mass is 9.88. The van der Waals surface area contributed by atoms with Crippen LogP contribution in [0.25, 0.3) is 0 Å². The van der Waals surface area contributed by atoms with Gasteiger partial charge in [-0.25, -0.2) is 0 Å². The number of Topliss-reactive ketones (excluding diaryl/α,β-unsaturated/α-hetero) is 2. The number of fused-ring (bicyclic) bond motifs is 1. The summed E-state index contributed by atoms with van der Waals surface area (Å²) in [6.07, 6.45) is 0. The number of allylic oxidation sites excluding steroid dienone is 2. The Hall–Kier alpha value is -3.45. The van der Waals surface area contributed by atoms with Gasteiger partial charge in [-0.1, -0.05) is 30.3 Å². The minimum atomic E-state index is -0.351. The van der Waals surface area contributed by atoms with Crippen LogP contribution in [-0.4, -0.2) is 67.6 Å². The molecule has 7 heteroatoms. The molecule has 7 nitrogen and oxygen atoms in total. The van der Waals surface area contributed by atoms with Gasteiger partial charge < -0.3 is 14.5 Å². The van der Waals surface area contributed by atoms with Crippen molar-refractivity contribution in [1.82, 2.24) is 9.80 Å². The molecule has 1 aliphatic carbocycles. The van der Waals surface area contributed by atoms with Crippen LogP contribution >= 0.6 is 0 Å². The molecule has 0 saturated carbocycles.